The molecular formula is C18H19N3O4. The minimum atomic E-state index is -0.732. The molecule has 0 fully saturated rings. The van der Waals surface area contributed by atoms with Crippen molar-refractivity contribution in [3.63, 3.8) is 0 Å². The first-order chi connectivity index (χ1) is 12.2. The second-order valence-corrected chi connectivity index (χ2v) is 5.40. The van der Waals surface area contributed by atoms with Crippen molar-refractivity contribution in [2.45, 2.75) is 13.0 Å². The molecule has 7 nitrogen and oxygen atoms in total. The van der Waals surface area contributed by atoms with Gasteiger partial charge in [0.05, 0.1) is 0 Å². The first-order valence-corrected chi connectivity index (χ1v) is 7.97. The molecule has 130 valence electrons. The van der Waals surface area contributed by atoms with E-state index in [0.717, 1.165) is 5.56 Å². The average molecular weight is 341 g/mol. The van der Waals surface area contributed by atoms with E-state index in [0.29, 0.717) is 23.7 Å². The van der Waals surface area contributed by atoms with Crippen LogP contribution in [0.5, 0.6) is 11.5 Å². The van der Waals surface area contributed by atoms with E-state index in [9.17, 15) is 9.59 Å². The molecule has 1 aliphatic rings. The van der Waals surface area contributed by atoms with E-state index in [1.165, 1.54) is 0 Å². The number of anilines is 1. The van der Waals surface area contributed by atoms with E-state index >= 15 is 0 Å². The molecule has 0 spiro atoms. The fourth-order valence-electron chi connectivity index (χ4n) is 2.49. The second kappa shape index (κ2) is 7.57. The number of nitrogens with one attached hydrogen (secondary N) is 3. The van der Waals surface area contributed by atoms with Crippen LogP contribution in [0, 0.1) is 0 Å². The predicted octanol–water partition coefficient (Wildman–Crippen LogP) is 2.41. The molecule has 25 heavy (non-hydrogen) atoms. The molecule has 1 heterocycles. The Labute approximate surface area is 145 Å². The van der Waals surface area contributed by atoms with E-state index < -0.39 is 18.0 Å². The number of amides is 3. The van der Waals surface area contributed by atoms with Gasteiger partial charge in [-0.05, 0) is 24.6 Å². The maximum absolute atomic E-state index is 12.6. The number of hydrogen-bond donors (Lipinski definition) is 3. The molecular weight excluding hydrogens is 322 g/mol. The Kier molecular flexibility index (Phi) is 5.03. The van der Waals surface area contributed by atoms with Gasteiger partial charge in [-0.2, -0.15) is 0 Å². The summed E-state index contributed by atoms with van der Waals surface area (Å²) in [6.07, 6.45) is 0. The largest absolute Gasteiger partial charge is 0.454 e. The molecule has 3 N–H and O–H groups in total. The lowest BCUT2D eigenvalue weighted by Crippen LogP contribution is -2.43. The smallest absolute Gasteiger partial charge is 0.321 e. The van der Waals surface area contributed by atoms with Gasteiger partial charge in [0.1, 0.15) is 6.04 Å². The molecule has 0 saturated heterocycles. The van der Waals surface area contributed by atoms with Crippen molar-refractivity contribution in [2.24, 2.45) is 0 Å². The number of urea groups is 1. The lowest BCUT2D eigenvalue weighted by Gasteiger charge is -2.20. The quantitative estimate of drug-likeness (QED) is 0.777. The molecule has 0 aromatic heterocycles. The Morgan fingerprint density at radius 2 is 1.84 bits per heavy atom. The lowest BCUT2D eigenvalue weighted by atomic mass is 10.1. The van der Waals surface area contributed by atoms with Gasteiger partial charge in [-0.15, -0.1) is 0 Å². The highest BCUT2D eigenvalue weighted by Crippen LogP contribution is 2.35. The average Bonchev–Trinajstić information content (AvgIpc) is 3.08. The maximum atomic E-state index is 12.6. The summed E-state index contributed by atoms with van der Waals surface area (Å²) in [6, 6.07) is 13.2. The minimum absolute atomic E-state index is 0.179. The van der Waals surface area contributed by atoms with Crippen LogP contribution < -0.4 is 25.4 Å². The zero-order valence-electron chi connectivity index (χ0n) is 13.7. The molecule has 1 unspecified atom stereocenters. The normalized spacial score (nSPS) is 13.0. The molecule has 1 atom stereocenters. The van der Waals surface area contributed by atoms with Crippen molar-refractivity contribution < 1.29 is 19.1 Å². The molecule has 0 aliphatic carbocycles. The number of imide groups is 1. The number of fused-ring (bicyclic) bond motifs is 1. The van der Waals surface area contributed by atoms with Crippen molar-refractivity contribution in [3.8, 4) is 11.5 Å². The summed E-state index contributed by atoms with van der Waals surface area (Å²) in [7, 11) is 0. The van der Waals surface area contributed by atoms with E-state index in [4.69, 9.17) is 9.47 Å². The molecule has 0 saturated carbocycles. The topological polar surface area (TPSA) is 88.7 Å². The fourth-order valence-corrected chi connectivity index (χ4v) is 2.49. The van der Waals surface area contributed by atoms with Crippen molar-refractivity contribution in [3.05, 3.63) is 54.1 Å². The Bertz CT molecular complexity index is 764. The van der Waals surface area contributed by atoms with Crippen molar-refractivity contribution in [2.75, 3.05) is 18.7 Å². The highest BCUT2D eigenvalue weighted by molar-refractivity contribution is 5.98. The third kappa shape index (κ3) is 4.00. The standard InChI is InChI=1S/C18H19N3O4/c1-2-19-18(23)21-17(22)16(12-6-4-3-5-7-12)20-13-8-9-14-15(10-13)25-11-24-14/h3-10,16,20H,2,11H2,1H3,(H2,19,21,22,23). The minimum Gasteiger partial charge on any atom is -0.454 e. The highest BCUT2D eigenvalue weighted by Gasteiger charge is 2.23. The number of rotatable bonds is 5. The fraction of sp³-hybridized carbons (Fsp3) is 0.222. The van der Waals surface area contributed by atoms with Gasteiger partial charge < -0.3 is 20.1 Å². The molecule has 7 heteroatoms. The number of carbonyl (C=O) groups excluding carboxylic acids is 2. The van der Waals surface area contributed by atoms with Crippen LogP contribution in [0.2, 0.25) is 0 Å². The van der Waals surface area contributed by atoms with Crippen LogP contribution >= 0.6 is 0 Å². The first kappa shape index (κ1) is 16.6. The Morgan fingerprint density at radius 1 is 1.08 bits per heavy atom. The zero-order chi connectivity index (χ0) is 17.6. The van der Waals surface area contributed by atoms with Crippen LogP contribution in [-0.4, -0.2) is 25.3 Å². The van der Waals surface area contributed by atoms with Crippen LogP contribution in [0.25, 0.3) is 0 Å². The summed E-state index contributed by atoms with van der Waals surface area (Å²) in [5.74, 6) is 0.823. The summed E-state index contributed by atoms with van der Waals surface area (Å²) in [4.78, 5) is 24.3. The highest BCUT2D eigenvalue weighted by atomic mass is 16.7. The Hall–Kier alpha value is -3.22. The lowest BCUT2D eigenvalue weighted by molar-refractivity contribution is -0.120. The number of benzene rings is 2. The summed E-state index contributed by atoms with van der Waals surface area (Å²) in [6.45, 7) is 2.40. The summed E-state index contributed by atoms with van der Waals surface area (Å²) < 4.78 is 10.6. The van der Waals surface area contributed by atoms with Crippen LogP contribution in [-0.2, 0) is 4.79 Å². The third-order valence-electron chi connectivity index (χ3n) is 3.65. The molecule has 0 radical (unpaired) electrons. The molecule has 2 aromatic carbocycles. The van der Waals surface area contributed by atoms with Crippen LogP contribution in [0.3, 0.4) is 0 Å². The molecule has 3 rings (SSSR count). The van der Waals surface area contributed by atoms with Crippen molar-refractivity contribution >= 4 is 17.6 Å². The van der Waals surface area contributed by atoms with E-state index in [-0.39, 0.29) is 6.79 Å². The number of ether oxygens (including phenoxy) is 2. The maximum Gasteiger partial charge on any atom is 0.321 e. The van der Waals surface area contributed by atoms with Gasteiger partial charge in [-0.25, -0.2) is 4.79 Å². The monoisotopic (exact) mass is 341 g/mol. The molecule has 0 bridgehead atoms. The first-order valence-electron chi connectivity index (χ1n) is 7.97. The summed E-state index contributed by atoms with van der Waals surface area (Å²) in [5.41, 5.74) is 1.42. The van der Waals surface area contributed by atoms with Gasteiger partial charge in [0.25, 0.3) is 5.91 Å². The van der Waals surface area contributed by atoms with E-state index in [2.05, 4.69) is 16.0 Å². The van der Waals surface area contributed by atoms with Gasteiger partial charge in [0.2, 0.25) is 6.79 Å². The van der Waals surface area contributed by atoms with E-state index in [1.54, 1.807) is 25.1 Å². The molecule has 2 aromatic rings. The SMILES string of the molecule is CCNC(=O)NC(=O)C(Nc1ccc2c(c1)OCO2)c1ccccc1. The van der Waals surface area contributed by atoms with Gasteiger partial charge in [0, 0.05) is 18.3 Å². The second-order valence-electron chi connectivity index (χ2n) is 5.40. The Morgan fingerprint density at radius 3 is 2.60 bits per heavy atom. The van der Waals surface area contributed by atoms with Gasteiger partial charge in [-0.1, -0.05) is 30.3 Å². The molecule has 3 amide bonds. The van der Waals surface area contributed by atoms with Crippen LogP contribution in [0.1, 0.15) is 18.5 Å². The van der Waals surface area contributed by atoms with Gasteiger partial charge in [0.15, 0.2) is 11.5 Å². The van der Waals surface area contributed by atoms with Crippen LogP contribution in [0.4, 0.5) is 10.5 Å². The zero-order valence-corrected chi connectivity index (χ0v) is 13.7. The van der Waals surface area contributed by atoms with Gasteiger partial charge in [-0.3, -0.25) is 10.1 Å². The van der Waals surface area contributed by atoms with Crippen LogP contribution in [0.15, 0.2) is 48.5 Å². The van der Waals surface area contributed by atoms with Crippen molar-refractivity contribution in [1.82, 2.24) is 10.6 Å². The number of hydrogen-bond acceptors (Lipinski definition) is 5. The summed E-state index contributed by atoms with van der Waals surface area (Å²) in [5, 5.41) is 8.03. The number of carbonyl (C=O) groups is 2. The summed E-state index contributed by atoms with van der Waals surface area (Å²) >= 11 is 0. The van der Waals surface area contributed by atoms with Gasteiger partial charge >= 0.3 is 6.03 Å². The van der Waals surface area contributed by atoms with Crippen molar-refractivity contribution in [1.29, 1.82) is 0 Å². The Balaban J connectivity index is 1.81. The van der Waals surface area contributed by atoms with E-state index in [1.807, 2.05) is 30.3 Å². The molecule has 1 aliphatic heterocycles. The predicted molar refractivity (Wildman–Crippen MR) is 92.6 cm³/mol. The third-order valence-corrected chi connectivity index (χ3v) is 3.65.